The van der Waals surface area contributed by atoms with Crippen LogP contribution in [0.3, 0.4) is 0 Å². The van der Waals surface area contributed by atoms with Crippen molar-refractivity contribution in [2.75, 3.05) is 38.2 Å². The summed E-state index contributed by atoms with van der Waals surface area (Å²) < 4.78 is 50.0. The maximum absolute atomic E-state index is 13.5. The predicted molar refractivity (Wildman–Crippen MR) is 111 cm³/mol. The van der Waals surface area contributed by atoms with E-state index in [4.69, 9.17) is 9.47 Å². The molecule has 1 heterocycles. The number of ether oxygens (including phenoxy) is 2. The summed E-state index contributed by atoms with van der Waals surface area (Å²) in [6.45, 7) is 0.760. The van der Waals surface area contributed by atoms with Crippen molar-refractivity contribution in [2.45, 2.75) is 4.90 Å². The lowest BCUT2D eigenvalue weighted by molar-refractivity contribution is -0.142. The second kappa shape index (κ2) is 10.3. The van der Waals surface area contributed by atoms with Crippen LogP contribution in [0.15, 0.2) is 59.5 Å². The minimum absolute atomic E-state index is 0.00814. The van der Waals surface area contributed by atoms with Crippen LogP contribution in [0.25, 0.3) is 6.08 Å². The van der Waals surface area contributed by atoms with E-state index >= 15 is 0 Å². The number of benzene rings is 2. The molecular weight excluding hydrogens is 427 g/mol. The molecule has 0 atom stereocenters. The van der Waals surface area contributed by atoms with Gasteiger partial charge in [-0.15, -0.1) is 0 Å². The average Bonchev–Trinajstić information content (AvgIpc) is 2.79. The number of halogens is 1. The summed E-state index contributed by atoms with van der Waals surface area (Å²) in [6, 6.07) is 11.7. The highest BCUT2D eigenvalue weighted by Crippen LogP contribution is 2.18. The fourth-order valence-electron chi connectivity index (χ4n) is 2.78. The number of hydrogen-bond donors (Lipinski definition) is 1. The van der Waals surface area contributed by atoms with Gasteiger partial charge in [0.2, 0.25) is 10.0 Å². The van der Waals surface area contributed by atoms with E-state index in [-0.39, 0.29) is 10.6 Å². The average molecular weight is 448 g/mol. The van der Waals surface area contributed by atoms with Gasteiger partial charge >= 0.3 is 5.97 Å². The molecule has 164 valence electrons. The van der Waals surface area contributed by atoms with Crippen molar-refractivity contribution in [3.63, 3.8) is 0 Å². The van der Waals surface area contributed by atoms with Crippen LogP contribution in [0.1, 0.15) is 5.56 Å². The maximum Gasteiger partial charge on any atom is 0.331 e. The maximum atomic E-state index is 13.5. The number of nitrogens with one attached hydrogen (secondary N) is 1. The number of anilines is 1. The van der Waals surface area contributed by atoms with Gasteiger partial charge in [-0.3, -0.25) is 4.79 Å². The normalized spacial score (nSPS) is 15.0. The quantitative estimate of drug-likeness (QED) is 0.514. The first-order valence-electron chi connectivity index (χ1n) is 9.43. The summed E-state index contributed by atoms with van der Waals surface area (Å²) in [5.74, 6) is -2.04. The molecule has 1 aliphatic rings. The highest BCUT2D eigenvalue weighted by molar-refractivity contribution is 7.89. The van der Waals surface area contributed by atoms with Gasteiger partial charge in [-0.2, -0.15) is 4.31 Å². The third-order valence-corrected chi connectivity index (χ3v) is 6.31. The molecule has 10 heteroatoms. The number of esters is 1. The highest BCUT2D eigenvalue weighted by atomic mass is 32.2. The molecule has 3 rings (SSSR count). The minimum Gasteiger partial charge on any atom is -0.452 e. The summed E-state index contributed by atoms with van der Waals surface area (Å²) in [7, 11) is -3.59. The van der Waals surface area contributed by atoms with E-state index in [1.165, 1.54) is 40.7 Å². The molecular formula is C21H21FN2O6S. The van der Waals surface area contributed by atoms with E-state index in [1.54, 1.807) is 18.2 Å². The van der Waals surface area contributed by atoms with Crippen molar-refractivity contribution in [3.05, 3.63) is 66.0 Å². The zero-order valence-electron chi connectivity index (χ0n) is 16.5. The van der Waals surface area contributed by atoms with Crippen molar-refractivity contribution in [3.8, 4) is 0 Å². The first-order valence-corrected chi connectivity index (χ1v) is 10.9. The second-order valence-corrected chi connectivity index (χ2v) is 8.49. The zero-order chi connectivity index (χ0) is 22.3. The molecule has 0 unspecified atom stereocenters. The lowest BCUT2D eigenvalue weighted by atomic mass is 10.2. The van der Waals surface area contributed by atoms with E-state index in [0.29, 0.717) is 31.9 Å². The highest BCUT2D eigenvalue weighted by Gasteiger charge is 2.25. The van der Waals surface area contributed by atoms with Crippen LogP contribution < -0.4 is 5.32 Å². The number of sulfonamides is 1. The molecule has 2 aromatic carbocycles. The fourth-order valence-corrected chi connectivity index (χ4v) is 4.19. The van der Waals surface area contributed by atoms with Crippen LogP contribution in [0.2, 0.25) is 0 Å². The van der Waals surface area contributed by atoms with Crippen molar-refractivity contribution < 1.29 is 31.9 Å². The Hall–Kier alpha value is -3.08. The van der Waals surface area contributed by atoms with Gasteiger partial charge in [0.05, 0.1) is 23.8 Å². The van der Waals surface area contributed by atoms with Crippen molar-refractivity contribution in [2.24, 2.45) is 0 Å². The van der Waals surface area contributed by atoms with Gasteiger partial charge in [0.1, 0.15) is 5.82 Å². The molecule has 1 N–H and O–H groups in total. The van der Waals surface area contributed by atoms with Crippen molar-refractivity contribution >= 4 is 33.7 Å². The number of rotatable bonds is 7. The Kier molecular flexibility index (Phi) is 7.50. The molecule has 2 aromatic rings. The largest absolute Gasteiger partial charge is 0.452 e. The Morgan fingerprint density at radius 3 is 2.45 bits per heavy atom. The van der Waals surface area contributed by atoms with Gasteiger partial charge in [0.25, 0.3) is 5.91 Å². The van der Waals surface area contributed by atoms with Gasteiger partial charge in [-0.1, -0.05) is 24.3 Å². The van der Waals surface area contributed by atoms with Crippen molar-refractivity contribution in [1.29, 1.82) is 0 Å². The smallest absolute Gasteiger partial charge is 0.331 e. The van der Waals surface area contributed by atoms with Crippen LogP contribution in [0, 0.1) is 5.82 Å². The third kappa shape index (κ3) is 6.20. The number of carbonyl (C=O) groups excluding carboxylic acids is 2. The molecule has 1 aliphatic heterocycles. The molecule has 1 amide bonds. The van der Waals surface area contributed by atoms with Crippen LogP contribution in [-0.2, 0) is 29.1 Å². The Balaban J connectivity index is 1.51. The molecule has 0 aromatic heterocycles. The number of hydrogen-bond acceptors (Lipinski definition) is 6. The molecule has 1 fully saturated rings. The molecule has 0 bridgehead atoms. The first-order chi connectivity index (χ1) is 14.9. The Labute approximate surface area is 179 Å². The van der Waals surface area contributed by atoms with Gasteiger partial charge in [0, 0.05) is 19.2 Å². The summed E-state index contributed by atoms with van der Waals surface area (Å²) in [6.07, 6.45) is 2.55. The number of morpholine rings is 1. The fraction of sp³-hybridized carbons (Fsp3) is 0.238. The molecule has 0 aliphatic carbocycles. The summed E-state index contributed by atoms with van der Waals surface area (Å²) in [5.41, 5.74) is 0.569. The Morgan fingerprint density at radius 2 is 1.77 bits per heavy atom. The topological polar surface area (TPSA) is 102 Å². The van der Waals surface area contributed by atoms with Gasteiger partial charge < -0.3 is 14.8 Å². The predicted octanol–water partition coefficient (Wildman–Crippen LogP) is 2.04. The standard InChI is InChI=1S/C21H21FN2O6S/c22-18-3-1-2-4-19(18)23-20(25)15-30-21(26)10-7-16-5-8-17(9-6-16)31(27,28)24-11-13-29-14-12-24/h1-10H,11-15H2,(H,23,25)/b10-7+. The first kappa shape index (κ1) is 22.6. The number of amides is 1. The lowest BCUT2D eigenvalue weighted by Gasteiger charge is -2.26. The van der Waals surface area contributed by atoms with E-state index < -0.39 is 34.3 Å². The Morgan fingerprint density at radius 1 is 1.10 bits per heavy atom. The van der Waals surface area contributed by atoms with Gasteiger partial charge in [-0.25, -0.2) is 17.6 Å². The van der Waals surface area contributed by atoms with Gasteiger partial charge in [-0.05, 0) is 35.9 Å². The molecule has 31 heavy (non-hydrogen) atoms. The minimum atomic E-state index is -3.59. The lowest BCUT2D eigenvalue weighted by Crippen LogP contribution is -2.40. The molecule has 0 radical (unpaired) electrons. The van der Waals surface area contributed by atoms with Crippen LogP contribution in [-0.4, -0.2) is 57.5 Å². The summed E-state index contributed by atoms with van der Waals surface area (Å²) in [5, 5.41) is 2.30. The van der Waals surface area contributed by atoms with Crippen LogP contribution in [0.4, 0.5) is 10.1 Å². The number of nitrogens with zero attached hydrogens (tertiary/aromatic N) is 1. The number of carbonyl (C=O) groups is 2. The summed E-state index contributed by atoms with van der Waals surface area (Å²) >= 11 is 0. The SMILES string of the molecule is O=C(COC(=O)/C=C/c1ccc(S(=O)(=O)N2CCOCC2)cc1)Nc1ccccc1F. The molecule has 0 spiro atoms. The third-order valence-electron chi connectivity index (χ3n) is 4.39. The van der Waals surface area contributed by atoms with Crippen molar-refractivity contribution in [1.82, 2.24) is 4.31 Å². The van der Waals surface area contributed by atoms with E-state index in [1.807, 2.05) is 0 Å². The number of para-hydroxylation sites is 1. The van der Waals surface area contributed by atoms with Crippen LogP contribution >= 0.6 is 0 Å². The Bertz CT molecular complexity index is 1060. The van der Waals surface area contributed by atoms with E-state index in [0.717, 1.165) is 6.08 Å². The second-order valence-electron chi connectivity index (χ2n) is 6.55. The van der Waals surface area contributed by atoms with E-state index in [9.17, 15) is 22.4 Å². The summed E-state index contributed by atoms with van der Waals surface area (Å²) in [4.78, 5) is 23.7. The monoisotopic (exact) mass is 448 g/mol. The molecule has 1 saturated heterocycles. The van der Waals surface area contributed by atoms with E-state index in [2.05, 4.69) is 5.32 Å². The molecule has 0 saturated carbocycles. The van der Waals surface area contributed by atoms with Crippen LogP contribution in [0.5, 0.6) is 0 Å². The molecule has 8 nitrogen and oxygen atoms in total. The van der Waals surface area contributed by atoms with Gasteiger partial charge in [0.15, 0.2) is 6.61 Å². The zero-order valence-corrected chi connectivity index (χ0v) is 17.3.